The van der Waals surface area contributed by atoms with E-state index in [2.05, 4.69) is 5.32 Å². The van der Waals surface area contributed by atoms with Gasteiger partial charge in [0.2, 0.25) is 0 Å². The summed E-state index contributed by atoms with van der Waals surface area (Å²) >= 11 is 0. The number of carbonyl (C=O) groups excluding carboxylic acids is 2. The molecule has 1 aliphatic heterocycles. The predicted molar refractivity (Wildman–Crippen MR) is 79.3 cm³/mol. The number of halogens is 2. The molecule has 1 aliphatic rings. The number of rotatable bonds is 3. The zero-order valence-electron chi connectivity index (χ0n) is 13.3. The molecule has 1 aromatic carbocycles. The fraction of sp³-hybridized carbons (Fsp3) is 0.375. The number of benzene rings is 1. The molecular weight excluding hydrogens is 306 g/mol. The molecular formula is C16H18F2N2O3. The van der Waals surface area contributed by atoms with Gasteiger partial charge in [-0.3, -0.25) is 4.90 Å². The molecule has 2 amide bonds. The van der Waals surface area contributed by atoms with Crippen molar-refractivity contribution >= 4 is 12.0 Å². The highest BCUT2D eigenvalue weighted by molar-refractivity contribution is 5.95. The van der Waals surface area contributed by atoms with Crippen LogP contribution in [0.25, 0.3) is 0 Å². The third-order valence-corrected chi connectivity index (χ3v) is 3.72. The van der Waals surface area contributed by atoms with E-state index in [-0.39, 0.29) is 17.2 Å². The summed E-state index contributed by atoms with van der Waals surface area (Å²) in [4.78, 5) is 25.8. The van der Waals surface area contributed by atoms with E-state index in [9.17, 15) is 18.4 Å². The molecule has 124 valence electrons. The number of allylic oxidation sites excluding steroid dienone is 1. The summed E-state index contributed by atoms with van der Waals surface area (Å²) in [5.41, 5.74) is 0.499. The molecule has 7 heteroatoms. The number of carbonyl (C=O) groups is 2. The van der Waals surface area contributed by atoms with Crippen molar-refractivity contribution in [3.05, 3.63) is 46.7 Å². The van der Waals surface area contributed by atoms with E-state index < -0.39 is 29.7 Å². The minimum atomic E-state index is -1.04. The molecule has 0 aromatic heterocycles. The molecule has 0 aliphatic carbocycles. The lowest BCUT2D eigenvalue weighted by molar-refractivity contribution is -0.136. The number of urea groups is 1. The normalized spacial score (nSPS) is 18.3. The Hall–Kier alpha value is -2.44. The van der Waals surface area contributed by atoms with Gasteiger partial charge >= 0.3 is 12.0 Å². The maximum Gasteiger partial charge on any atom is 0.337 e. The summed E-state index contributed by atoms with van der Waals surface area (Å²) in [5.74, 6) is -2.26. The van der Waals surface area contributed by atoms with E-state index in [1.165, 1.54) is 18.1 Å². The van der Waals surface area contributed by atoms with Crippen molar-refractivity contribution in [3.63, 3.8) is 0 Å². The van der Waals surface area contributed by atoms with Crippen LogP contribution in [0.3, 0.4) is 0 Å². The van der Waals surface area contributed by atoms with Gasteiger partial charge in [-0.25, -0.2) is 18.4 Å². The number of amides is 2. The Bertz CT molecular complexity index is 686. The molecule has 1 aromatic rings. The standard InChI is InChI=1S/C16H18F2N2O3/c1-8(2)20-9(3)13(15(21)23-4)14(19-16(20)22)11-6-5-10(17)7-12(11)18/h5-8,14H,1-4H3,(H,19,22)/t14-/m0/s1. The first-order chi connectivity index (χ1) is 10.8. The summed E-state index contributed by atoms with van der Waals surface area (Å²) in [6.07, 6.45) is 0. The van der Waals surface area contributed by atoms with Crippen molar-refractivity contribution in [1.29, 1.82) is 0 Å². The number of methoxy groups -OCH3 is 1. The van der Waals surface area contributed by atoms with Crippen LogP contribution in [0.15, 0.2) is 29.5 Å². The topological polar surface area (TPSA) is 58.6 Å². The lowest BCUT2D eigenvalue weighted by atomic mass is 9.94. The van der Waals surface area contributed by atoms with Gasteiger partial charge < -0.3 is 10.1 Å². The second-order valence-corrected chi connectivity index (χ2v) is 5.50. The zero-order valence-corrected chi connectivity index (χ0v) is 13.3. The van der Waals surface area contributed by atoms with Crippen molar-refractivity contribution < 1.29 is 23.1 Å². The van der Waals surface area contributed by atoms with Gasteiger partial charge in [0.1, 0.15) is 11.6 Å². The molecule has 0 fully saturated rings. The average Bonchev–Trinajstić information content (AvgIpc) is 2.45. The number of nitrogens with zero attached hydrogens (tertiary/aromatic N) is 1. The van der Waals surface area contributed by atoms with E-state index in [0.717, 1.165) is 6.07 Å². The van der Waals surface area contributed by atoms with Crippen molar-refractivity contribution in [2.75, 3.05) is 7.11 Å². The molecule has 2 rings (SSSR count). The predicted octanol–water partition coefficient (Wildman–Crippen LogP) is 2.89. The minimum Gasteiger partial charge on any atom is -0.466 e. The second-order valence-electron chi connectivity index (χ2n) is 5.50. The second kappa shape index (κ2) is 6.36. The van der Waals surface area contributed by atoms with Gasteiger partial charge in [0.25, 0.3) is 0 Å². The van der Waals surface area contributed by atoms with E-state index in [4.69, 9.17) is 4.74 Å². The maximum absolute atomic E-state index is 14.1. The van der Waals surface area contributed by atoms with E-state index >= 15 is 0 Å². The number of hydrogen-bond acceptors (Lipinski definition) is 3. The van der Waals surface area contributed by atoms with Gasteiger partial charge in [-0.15, -0.1) is 0 Å². The highest BCUT2D eigenvalue weighted by Crippen LogP contribution is 2.33. The van der Waals surface area contributed by atoms with Gasteiger partial charge in [-0.05, 0) is 26.8 Å². The molecule has 0 saturated heterocycles. The first-order valence-electron chi connectivity index (χ1n) is 7.11. The van der Waals surface area contributed by atoms with Crippen LogP contribution in [0, 0.1) is 11.6 Å². The zero-order chi connectivity index (χ0) is 17.3. The number of nitrogens with one attached hydrogen (secondary N) is 1. The molecule has 0 spiro atoms. The molecule has 1 atom stereocenters. The Morgan fingerprint density at radius 2 is 2.00 bits per heavy atom. The number of ether oxygens (including phenoxy) is 1. The van der Waals surface area contributed by atoms with Crippen LogP contribution in [0.5, 0.6) is 0 Å². The molecule has 0 saturated carbocycles. The smallest absolute Gasteiger partial charge is 0.337 e. The van der Waals surface area contributed by atoms with Gasteiger partial charge in [0.15, 0.2) is 0 Å². The summed E-state index contributed by atoms with van der Waals surface area (Å²) < 4.78 is 32.0. The van der Waals surface area contributed by atoms with E-state index in [0.29, 0.717) is 11.8 Å². The molecule has 23 heavy (non-hydrogen) atoms. The van der Waals surface area contributed by atoms with Crippen LogP contribution in [0.1, 0.15) is 32.4 Å². The Morgan fingerprint density at radius 3 is 2.52 bits per heavy atom. The van der Waals surface area contributed by atoms with Crippen molar-refractivity contribution in [3.8, 4) is 0 Å². The molecule has 0 radical (unpaired) electrons. The van der Waals surface area contributed by atoms with Crippen LogP contribution < -0.4 is 5.32 Å². The summed E-state index contributed by atoms with van der Waals surface area (Å²) in [7, 11) is 1.21. The van der Waals surface area contributed by atoms with Crippen LogP contribution in [-0.2, 0) is 9.53 Å². The van der Waals surface area contributed by atoms with Gasteiger partial charge in [-0.1, -0.05) is 6.07 Å². The molecule has 1 N–H and O–H groups in total. The minimum absolute atomic E-state index is 0.00269. The Morgan fingerprint density at radius 1 is 1.35 bits per heavy atom. The molecule has 1 heterocycles. The average molecular weight is 324 g/mol. The quantitative estimate of drug-likeness (QED) is 0.870. The van der Waals surface area contributed by atoms with Crippen LogP contribution in [0.2, 0.25) is 0 Å². The van der Waals surface area contributed by atoms with Gasteiger partial charge in [0.05, 0.1) is 18.7 Å². The SMILES string of the molecule is COC(=O)C1=C(C)N(C(C)C)C(=O)N[C@H]1c1ccc(F)cc1F. The van der Waals surface area contributed by atoms with Crippen LogP contribution in [-0.4, -0.2) is 30.1 Å². The number of esters is 1. The van der Waals surface area contributed by atoms with Crippen LogP contribution >= 0.6 is 0 Å². The van der Waals surface area contributed by atoms with E-state index in [1.54, 1.807) is 20.8 Å². The highest BCUT2D eigenvalue weighted by atomic mass is 19.1. The Balaban J connectivity index is 2.62. The summed E-state index contributed by atoms with van der Waals surface area (Å²) in [6, 6.07) is 1.29. The fourth-order valence-corrected chi connectivity index (χ4v) is 2.72. The fourth-order valence-electron chi connectivity index (χ4n) is 2.72. The van der Waals surface area contributed by atoms with Crippen molar-refractivity contribution in [1.82, 2.24) is 10.2 Å². The lowest BCUT2D eigenvalue weighted by Gasteiger charge is -2.37. The summed E-state index contributed by atoms with van der Waals surface area (Å²) in [6.45, 7) is 5.17. The monoisotopic (exact) mass is 324 g/mol. The van der Waals surface area contributed by atoms with E-state index in [1.807, 2.05) is 0 Å². The largest absolute Gasteiger partial charge is 0.466 e. The van der Waals surface area contributed by atoms with Gasteiger partial charge in [-0.2, -0.15) is 0 Å². The Kier molecular flexibility index (Phi) is 4.68. The van der Waals surface area contributed by atoms with Gasteiger partial charge in [0, 0.05) is 23.4 Å². The van der Waals surface area contributed by atoms with Crippen LogP contribution in [0.4, 0.5) is 13.6 Å². The molecule has 5 nitrogen and oxygen atoms in total. The molecule has 0 bridgehead atoms. The third-order valence-electron chi connectivity index (χ3n) is 3.72. The van der Waals surface area contributed by atoms with Crippen molar-refractivity contribution in [2.24, 2.45) is 0 Å². The highest BCUT2D eigenvalue weighted by Gasteiger charge is 2.38. The first-order valence-corrected chi connectivity index (χ1v) is 7.11. The first kappa shape index (κ1) is 16.9. The Labute approximate surface area is 132 Å². The summed E-state index contributed by atoms with van der Waals surface area (Å²) in [5, 5.41) is 2.59. The maximum atomic E-state index is 14.1. The van der Waals surface area contributed by atoms with Crippen molar-refractivity contribution in [2.45, 2.75) is 32.9 Å². The lowest BCUT2D eigenvalue weighted by Crippen LogP contribution is -2.50. The molecule has 0 unspecified atom stereocenters. The number of hydrogen-bond donors (Lipinski definition) is 1. The third kappa shape index (κ3) is 3.04.